The van der Waals surface area contributed by atoms with Crippen LogP contribution in [0.3, 0.4) is 0 Å². The highest BCUT2D eigenvalue weighted by Crippen LogP contribution is 2.30. The summed E-state index contributed by atoms with van der Waals surface area (Å²) >= 11 is 0. The number of aliphatic hydroxyl groups excluding tert-OH is 2. The number of carbonyl (C=O) groups excluding carboxylic acids is 1. The Morgan fingerprint density at radius 2 is 1.86 bits per heavy atom. The predicted octanol–water partition coefficient (Wildman–Crippen LogP) is 3.46. The van der Waals surface area contributed by atoms with Crippen molar-refractivity contribution in [3.63, 3.8) is 0 Å². The Bertz CT molecular complexity index is 1280. The maximum absolute atomic E-state index is 15.0. The molecular weight excluding hydrogens is 454 g/mol. The largest absolute Gasteiger partial charge is 0.394 e. The average molecular weight is 478 g/mol. The smallest absolute Gasteiger partial charge is 0.254 e. The van der Waals surface area contributed by atoms with Gasteiger partial charge in [0.15, 0.2) is 0 Å². The van der Waals surface area contributed by atoms with Gasteiger partial charge in [0.25, 0.3) is 5.91 Å². The molecule has 0 spiro atoms. The Balaban J connectivity index is 1.66. The van der Waals surface area contributed by atoms with Crippen molar-refractivity contribution < 1.29 is 23.8 Å². The lowest BCUT2D eigenvalue weighted by Crippen LogP contribution is -2.40. The van der Waals surface area contributed by atoms with Crippen LogP contribution in [0.2, 0.25) is 0 Å². The molecule has 0 fully saturated rings. The van der Waals surface area contributed by atoms with Crippen LogP contribution in [0.4, 0.5) is 8.78 Å². The van der Waals surface area contributed by atoms with Gasteiger partial charge in [-0.3, -0.25) is 14.9 Å². The minimum absolute atomic E-state index is 0.0275. The molecule has 7 nitrogen and oxygen atoms in total. The van der Waals surface area contributed by atoms with Crippen LogP contribution in [0.5, 0.6) is 0 Å². The number of nitrogens with one attached hydrogen (secondary N) is 1. The van der Waals surface area contributed by atoms with Gasteiger partial charge in [-0.25, -0.2) is 8.78 Å². The highest BCUT2D eigenvalue weighted by Gasteiger charge is 2.25. The maximum Gasteiger partial charge on any atom is 0.254 e. The zero-order valence-electron chi connectivity index (χ0n) is 18.7. The van der Waals surface area contributed by atoms with Crippen molar-refractivity contribution in [2.24, 2.45) is 0 Å². The van der Waals surface area contributed by atoms with Gasteiger partial charge < -0.3 is 15.1 Å². The van der Waals surface area contributed by atoms with Crippen molar-refractivity contribution in [3.05, 3.63) is 95.8 Å². The number of halogens is 2. The molecule has 4 aromatic rings. The number of hydrogen-bond acceptors (Lipinski definition) is 5. The maximum atomic E-state index is 15.0. The Kier molecular flexibility index (Phi) is 7.59. The van der Waals surface area contributed by atoms with Gasteiger partial charge in [-0.05, 0) is 54.6 Å². The molecule has 0 saturated heterocycles. The number of benzene rings is 2. The van der Waals surface area contributed by atoms with E-state index in [0.29, 0.717) is 17.7 Å². The number of carbonyl (C=O) groups is 1. The second-order valence-electron chi connectivity index (χ2n) is 7.99. The molecule has 2 aromatic heterocycles. The van der Waals surface area contributed by atoms with Gasteiger partial charge in [-0.15, -0.1) is 0 Å². The first-order chi connectivity index (χ1) is 17.0. The van der Waals surface area contributed by atoms with E-state index in [1.54, 1.807) is 30.5 Å². The number of amides is 1. The highest BCUT2D eigenvalue weighted by atomic mass is 19.1. The quantitative estimate of drug-likeness (QED) is 0.342. The normalized spacial score (nSPS) is 11.9. The molecule has 1 amide bonds. The Morgan fingerprint density at radius 3 is 2.57 bits per heavy atom. The molecule has 2 heterocycles. The van der Waals surface area contributed by atoms with E-state index in [9.17, 15) is 19.4 Å². The number of aliphatic hydroxyl groups is 2. The topological polar surface area (TPSA) is 102 Å². The van der Waals surface area contributed by atoms with Crippen molar-refractivity contribution in [2.45, 2.75) is 12.5 Å². The molecule has 0 saturated carbocycles. The van der Waals surface area contributed by atoms with Crippen molar-refractivity contribution in [2.75, 3.05) is 19.7 Å². The molecular formula is C26H24F2N4O3. The third-order valence-corrected chi connectivity index (χ3v) is 5.52. The van der Waals surface area contributed by atoms with E-state index in [-0.39, 0.29) is 35.7 Å². The van der Waals surface area contributed by atoms with Crippen LogP contribution in [0, 0.1) is 11.6 Å². The Hall–Kier alpha value is -3.95. The molecule has 0 unspecified atom stereocenters. The van der Waals surface area contributed by atoms with E-state index in [0.717, 1.165) is 5.69 Å². The van der Waals surface area contributed by atoms with Crippen LogP contribution >= 0.6 is 0 Å². The second-order valence-corrected chi connectivity index (χ2v) is 7.99. The summed E-state index contributed by atoms with van der Waals surface area (Å²) in [6.45, 7) is -0.459. The van der Waals surface area contributed by atoms with Crippen molar-refractivity contribution in [1.82, 2.24) is 20.1 Å². The van der Waals surface area contributed by atoms with Gasteiger partial charge in [0, 0.05) is 42.5 Å². The average Bonchev–Trinajstić information content (AvgIpc) is 3.36. The summed E-state index contributed by atoms with van der Waals surface area (Å²) in [7, 11) is 0. The standard InChI is InChI=1S/C26H24F2N4O3/c27-18-9-7-17(8-10-18)23-14-24(31-30-23)25-21(5-3-6-22(25)28)26(35)32(15-20(34)16-33)13-11-19-4-1-2-12-29-19/h1-10,12,14,20,33-34H,11,13,15-16H2,(H,30,31)/t20-/m0/s1. The van der Waals surface area contributed by atoms with Gasteiger partial charge in [0.05, 0.1) is 29.7 Å². The number of hydrogen-bond donors (Lipinski definition) is 3. The second kappa shape index (κ2) is 11.0. The molecule has 9 heteroatoms. The first kappa shape index (κ1) is 24.2. The Morgan fingerprint density at radius 1 is 1.06 bits per heavy atom. The third kappa shape index (κ3) is 5.76. The van der Waals surface area contributed by atoms with Gasteiger partial charge in [-0.1, -0.05) is 12.1 Å². The number of nitrogens with zero attached hydrogens (tertiary/aromatic N) is 3. The molecule has 3 N–H and O–H groups in total. The van der Waals surface area contributed by atoms with Crippen LogP contribution < -0.4 is 0 Å². The lowest BCUT2D eigenvalue weighted by molar-refractivity contribution is 0.0461. The SMILES string of the molecule is O=C(c1cccc(F)c1-c1cc(-c2ccc(F)cc2)n[nH]1)N(CCc1ccccn1)C[C@H](O)CO. The van der Waals surface area contributed by atoms with Crippen LogP contribution in [0.15, 0.2) is 72.9 Å². The number of pyridine rings is 1. The number of aromatic amines is 1. The fourth-order valence-corrected chi connectivity index (χ4v) is 3.75. The van der Waals surface area contributed by atoms with Crippen LogP contribution in [0.1, 0.15) is 16.1 Å². The molecule has 0 aliphatic carbocycles. The Labute approximate surface area is 200 Å². The number of H-pyrrole nitrogens is 1. The lowest BCUT2D eigenvalue weighted by Gasteiger charge is -2.25. The van der Waals surface area contributed by atoms with E-state index >= 15 is 4.39 Å². The summed E-state index contributed by atoms with van der Waals surface area (Å²) in [5, 5.41) is 26.3. The van der Waals surface area contributed by atoms with Crippen molar-refractivity contribution in [1.29, 1.82) is 0 Å². The highest BCUT2D eigenvalue weighted by molar-refractivity contribution is 6.00. The minimum atomic E-state index is -1.16. The summed E-state index contributed by atoms with van der Waals surface area (Å²) in [5.74, 6) is -1.53. The van der Waals surface area contributed by atoms with E-state index in [4.69, 9.17) is 0 Å². The monoisotopic (exact) mass is 478 g/mol. The zero-order chi connectivity index (χ0) is 24.8. The van der Waals surface area contributed by atoms with E-state index in [1.165, 1.54) is 35.2 Å². The van der Waals surface area contributed by atoms with Gasteiger partial charge in [-0.2, -0.15) is 5.10 Å². The summed E-state index contributed by atoms with van der Waals surface area (Å²) in [5.41, 5.74) is 2.22. The fraction of sp³-hybridized carbons (Fsp3) is 0.192. The van der Waals surface area contributed by atoms with Gasteiger partial charge >= 0.3 is 0 Å². The number of rotatable bonds is 9. The summed E-state index contributed by atoms with van der Waals surface area (Å²) in [6.07, 6.45) is 0.900. The van der Waals surface area contributed by atoms with Crippen molar-refractivity contribution in [3.8, 4) is 22.5 Å². The van der Waals surface area contributed by atoms with Crippen molar-refractivity contribution >= 4 is 5.91 Å². The molecule has 180 valence electrons. The summed E-state index contributed by atoms with van der Waals surface area (Å²) in [4.78, 5) is 19.2. The van der Waals surface area contributed by atoms with E-state index in [1.807, 2.05) is 12.1 Å². The molecule has 0 bridgehead atoms. The van der Waals surface area contributed by atoms with E-state index in [2.05, 4.69) is 15.2 Å². The van der Waals surface area contributed by atoms with Gasteiger partial charge in [0.2, 0.25) is 0 Å². The lowest BCUT2D eigenvalue weighted by atomic mass is 10.0. The van der Waals surface area contributed by atoms with Crippen LogP contribution in [-0.2, 0) is 6.42 Å². The molecule has 4 rings (SSSR count). The molecule has 0 aliphatic rings. The van der Waals surface area contributed by atoms with E-state index < -0.39 is 24.4 Å². The van der Waals surface area contributed by atoms with Crippen LogP contribution in [0.25, 0.3) is 22.5 Å². The summed E-state index contributed by atoms with van der Waals surface area (Å²) < 4.78 is 28.3. The minimum Gasteiger partial charge on any atom is -0.394 e. The predicted molar refractivity (Wildman–Crippen MR) is 126 cm³/mol. The molecule has 2 aromatic carbocycles. The molecule has 35 heavy (non-hydrogen) atoms. The molecule has 1 atom stereocenters. The molecule has 0 aliphatic heterocycles. The first-order valence-electron chi connectivity index (χ1n) is 11.0. The number of aromatic nitrogens is 3. The van der Waals surface area contributed by atoms with Crippen LogP contribution in [-0.4, -0.2) is 62.0 Å². The zero-order valence-corrected chi connectivity index (χ0v) is 18.7. The molecule has 0 radical (unpaired) electrons. The van der Waals surface area contributed by atoms with Gasteiger partial charge in [0.1, 0.15) is 11.6 Å². The summed E-state index contributed by atoms with van der Waals surface area (Å²) in [6, 6.07) is 16.9. The first-order valence-corrected chi connectivity index (χ1v) is 11.0. The third-order valence-electron chi connectivity index (χ3n) is 5.52. The fourth-order valence-electron chi connectivity index (χ4n) is 3.75.